The van der Waals surface area contributed by atoms with Gasteiger partial charge in [0.25, 0.3) is 0 Å². The predicted octanol–water partition coefficient (Wildman–Crippen LogP) is 4.66. The van der Waals surface area contributed by atoms with Gasteiger partial charge in [0, 0.05) is 12.3 Å². The molecule has 0 unspecified atom stereocenters. The molecule has 24 heavy (non-hydrogen) atoms. The van der Waals surface area contributed by atoms with Crippen molar-refractivity contribution in [1.29, 1.82) is 0 Å². The van der Waals surface area contributed by atoms with Crippen LogP contribution >= 0.6 is 11.3 Å². The first-order chi connectivity index (χ1) is 11.8. The third-order valence-corrected chi connectivity index (χ3v) is 4.44. The van der Waals surface area contributed by atoms with Gasteiger partial charge in [-0.25, -0.2) is 9.97 Å². The Hall–Kier alpha value is -2.92. The van der Waals surface area contributed by atoms with Gasteiger partial charge in [-0.2, -0.15) is 11.3 Å². The molecule has 3 aromatic heterocycles. The Labute approximate surface area is 143 Å². The van der Waals surface area contributed by atoms with Crippen LogP contribution in [0.3, 0.4) is 0 Å². The van der Waals surface area contributed by atoms with Crippen molar-refractivity contribution in [3.63, 3.8) is 0 Å². The number of benzene rings is 1. The fourth-order valence-electron chi connectivity index (χ4n) is 2.58. The minimum atomic E-state index is 0.793. The summed E-state index contributed by atoms with van der Waals surface area (Å²) in [5.74, 6) is 2.47. The lowest BCUT2D eigenvalue weighted by Crippen LogP contribution is -1.99. The lowest BCUT2D eigenvalue weighted by atomic mass is 10.3. The number of rotatable bonds is 4. The van der Waals surface area contributed by atoms with Crippen molar-refractivity contribution in [1.82, 2.24) is 14.5 Å². The smallest absolute Gasteiger partial charge is 0.139 e. The molecule has 0 fully saturated rings. The molecule has 0 radical (unpaired) electrons. The van der Waals surface area contributed by atoms with Crippen LogP contribution in [-0.4, -0.2) is 21.6 Å². The van der Waals surface area contributed by atoms with E-state index in [1.165, 1.54) is 0 Å². The van der Waals surface area contributed by atoms with Crippen LogP contribution in [-0.2, 0) is 0 Å². The first kappa shape index (κ1) is 14.7. The summed E-state index contributed by atoms with van der Waals surface area (Å²) in [4.78, 5) is 9.24. The van der Waals surface area contributed by atoms with E-state index in [0.29, 0.717) is 0 Å². The normalized spacial score (nSPS) is 11.4. The summed E-state index contributed by atoms with van der Waals surface area (Å²) in [6.45, 7) is 0. The number of aromatic nitrogens is 3. The maximum atomic E-state index is 5.31. The Morgan fingerprint density at radius 1 is 1.12 bits per heavy atom. The summed E-state index contributed by atoms with van der Waals surface area (Å²) >= 11 is 1.68. The molecule has 0 aliphatic carbocycles. The Balaban J connectivity index is 1.90. The fraction of sp³-hybridized carbons (Fsp3) is 0.0526. The Morgan fingerprint density at radius 2 is 2.08 bits per heavy atom. The number of fused-ring (bicyclic) bond motifs is 1. The summed E-state index contributed by atoms with van der Waals surface area (Å²) in [6.07, 6.45) is 5.87. The van der Waals surface area contributed by atoms with Crippen LogP contribution in [0.15, 0.2) is 59.4 Å². The topological polar surface area (TPSA) is 39.9 Å². The van der Waals surface area contributed by atoms with Gasteiger partial charge in [0.15, 0.2) is 0 Å². The highest BCUT2D eigenvalue weighted by Crippen LogP contribution is 2.25. The Kier molecular flexibility index (Phi) is 3.84. The molecule has 0 aliphatic heterocycles. The number of hydrogen-bond acceptors (Lipinski definition) is 4. The predicted molar refractivity (Wildman–Crippen MR) is 98.7 cm³/mol. The van der Waals surface area contributed by atoms with E-state index in [0.717, 1.165) is 34.0 Å². The largest absolute Gasteiger partial charge is 0.497 e. The monoisotopic (exact) mass is 333 g/mol. The SMILES string of the molecule is COc1ccc2c(c1)nc(C=Cc1ccsc1)n2-c1ccccn1. The molecule has 0 atom stereocenters. The van der Waals surface area contributed by atoms with Gasteiger partial charge >= 0.3 is 0 Å². The zero-order valence-electron chi connectivity index (χ0n) is 13.1. The molecule has 118 valence electrons. The molecule has 4 rings (SSSR count). The number of hydrogen-bond donors (Lipinski definition) is 0. The molecular weight excluding hydrogens is 318 g/mol. The molecule has 4 nitrogen and oxygen atoms in total. The number of imidazole rings is 1. The standard InChI is InChI=1S/C19H15N3OS/c1-23-15-6-7-17-16(12-15)21-19(8-5-14-9-11-24-13-14)22(17)18-4-2-3-10-20-18/h2-13H,1H3. The van der Waals surface area contributed by atoms with Crippen molar-refractivity contribution in [2.75, 3.05) is 7.11 Å². The van der Waals surface area contributed by atoms with Crippen LogP contribution in [0.5, 0.6) is 5.75 Å². The Bertz CT molecular complexity index is 988. The molecule has 0 amide bonds. The summed E-state index contributed by atoms with van der Waals surface area (Å²) < 4.78 is 7.37. The van der Waals surface area contributed by atoms with E-state index >= 15 is 0 Å². The molecule has 0 bridgehead atoms. The van der Waals surface area contributed by atoms with Crippen LogP contribution in [0.2, 0.25) is 0 Å². The molecule has 0 aliphatic rings. The van der Waals surface area contributed by atoms with Crippen molar-refractivity contribution in [3.05, 3.63) is 70.8 Å². The average Bonchev–Trinajstić information content (AvgIpc) is 3.27. The highest BCUT2D eigenvalue weighted by atomic mass is 32.1. The molecule has 0 saturated carbocycles. The second-order valence-electron chi connectivity index (χ2n) is 5.24. The molecular formula is C19H15N3OS. The van der Waals surface area contributed by atoms with Gasteiger partial charge in [-0.05, 0) is 52.7 Å². The summed E-state index contributed by atoms with van der Waals surface area (Å²) in [7, 11) is 1.66. The van der Waals surface area contributed by atoms with Crippen molar-refractivity contribution < 1.29 is 4.74 Å². The number of methoxy groups -OCH3 is 1. The molecule has 0 saturated heterocycles. The Morgan fingerprint density at radius 3 is 2.83 bits per heavy atom. The van der Waals surface area contributed by atoms with Gasteiger partial charge in [-0.3, -0.25) is 4.57 Å². The van der Waals surface area contributed by atoms with Crippen LogP contribution < -0.4 is 4.74 Å². The quantitative estimate of drug-likeness (QED) is 0.545. The first-order valence-corrected chi connectivity index (χ1v) is 8.47. The van der Waals surface area contributed by atoms with Gasteiger partial charge in [-0.1, -0.05) is 12.1 Å². The summed E-state index contributed by atoms with van der Waals surface area (Å²) in [5.41, 5.74) is 3.04. The molecule has 0 N–H and O–H groups in total. The lowest BCUT2D eigenvalue weighted by molar-refractivity contribution is 0.415. The first-order valence-electron chi connectivity index (χ1n) is 7.53. The van der Waals surface area contributed by atoms with Gasteiger partial charge in [0.1, 0.15) is 17.4 Å². The fourth-order valence-corrected chi connectivity index (χ4v) is 3.21. The van der Waals surface area contributed by atoms with E-state index in [9.17, 15) is 0 Å². The van der Waals surface area contributed by atoms with Gasteiger partial charge < -0.3 is 4.74 Å². The van der Waals surface area contributed by atoms with Crippen molar-refractivity contribution in [3.8, 4) is 11.6 Å². The van der Waals surface area contributed by atoms with E-state index in [-0.39, 0.29) is 0 Å². The highest BCUT2D eigenvalue weighted by Gasteiger charge is 2.12. The highest BCUT2D eigenvalue weighted by molar-refractivity contribution is 7.08. The number of pyridine rings is 1. The van der Waals surface area contributed by atoms with Crippen LogP contribution in [0.25, 0.3) is 29.0 Å². The van der Waals surface area contributed by atoms with Gasteiger partial charge in [-0.15, -0.1) is 0 Å². The maximum Gasteiger partial charge on any atom is 0.139 e. The minimum absolute atomic E-state index is 0.793. The van der Waals surface area contributed by atoms with Crippen molar-refractivity contribution >= 4 is 34.5 Å². The molecule has 5 heteroatoms. The van der Waals surface area contributed by atoms with Gasteiger partial charge in [0.2, 0.25) is 0 Å². The zero-order valence-corrected chi connectivity index (χ0v) is 13.9. The average molecular weight is 333 g/mol. The molecule has 3 heterocycles. The summed E-state index contributed by atoms with van der Waals surface area (Å²) in [5, 5.41) is 4.17. The number of thiophene rings is 1. The second-order valence-corrected chi connectivity index (χ2v) is 6.02. The summed E-state index contributed by atoms with van der Waals surface area (Å²) in [6, 6.07) is 13.8. The minimum Gasteiger partial charge on any atom is -0.497 e. The van der Waals surface area contributed by atoms with Crippen LogP contribution in [0.1, 0.15) is 11.4 Å². The van der Waals surface area contributed by atoms with Crippen LogP contribution in [0, 0.1) is 0 Å². The third kappa shape index (κ3) is 2.70. The van der Waals surface area contributed by atoms with Crippen LogP contribution in [0.4, 0.5) is 0 Å². The molecule has 4 aromatic rings. The maximum absolute atomic E-state index is 5.31. The molecule has 1 aromatic carbocycles. The number of ether oxygens (including phenoxy) is 1. The van der Waals surface area contributed by atoms with E-state index in [1.54, 1.807) is 24.6 Å². The third-order valence-electron chi connectivity index (χ3n) is 3.73. The van der Waals surface area contributed by atoms with Crippen molar-refractivity contribution in [2.45, 2.75) is 0 Å². The lowest BCUT2D eigenvalue weighted by Gasteiger charge is -2.06. The van der Waals surface area contributed by atoms with E-state index in [2.05, 4.69) is 32.5 Å². The van der Waals surface area contributed by atoms with Gasteiger partial charge in [0.05, 0.1) is 18.1 Å². The zero-order chi connectivity index (χ0) is 16.4. The van der Waals surface area contributed by atoms with E-state index in [1.807, 2.05) is 42.5 Å². The van der Waals surface area contributed by atoms with Crippen molar-refractivity contribution in [2.24, 2.45) is 0 Å². The molecule has 0 spiro atoms. The van der Waals surface area contributed by atoms with E-state index in [4.69, 9.17) is 9.72 Å². The van der Waals surface area contributed by atoms with E-state index < -0.39 is 0 Å². The number of nitrogens with zero attached hydrogens (tertiary/aromatic N) is 3. The second kappa shape index (κ2) is 6.29.